The molecule has 0 aliphatic rings. The molecule has 1 amide bonds. The van der Waals surface area contributed by atoms with E-state index in [9.17, 15) is 9.59 Å². The van der Waals surface area contributed by atoms with Crippen LogP contribution in [0.15, 0.2) is 54.6 Å². The monoisotopic (exact) mass is 391 g/mol. The number of thiophene rings is 1. The van der Waals surface area contributed by atoms with Crippen molar-refractivity contribution >= 4 is 28.0 Å². The molecule has 3 aromatic rings. The van der Waals surface area contributed by atoms with Gasteiger partial charge in [-0.15, -0.1) is 11.3 Å². The highest BCUT2D eigenvalue weighted by Crippen LogP contribution is 2.34. The molecule has 3 nitrogen and oxygen atoms in total. The Morgan fingerprint density at radius 2 is 1.46 bits per heavy atom. The summed E-state index contributed by atoms with van der Waals surface area (Å²) in [7, 11) is 0. The second-order valence-corrected chi connectivity index (χ2v) is 9.19. The normalized spacial score (nSPS) is 11.3. The minimum absolute atomic E-state index is 0.0340. The van der Waals surface area contributed by atoms with Crippen molar-refractivity contribution in [3.8, 4) is 0 Å². The highest BCUT2D eigenvalue weighted by Gasteiger charge is 2.22. The van der Waals surface area contributed by atoms with Gasteiger partial charge in [0.05, 0.1) is 5.56 Å². The van der Waals surface area contributed by atoms with Crippen LogP contribution in [-0.2, 0) is 5.41 Å². The summed E-state index contributed by atoms with van der Waals surface area (Å²) in [6.45, 7) is 10.3. The molecular formula is C24H25NO2S. The lowest BCUT2D eigenvalue weighted by atomic mass is 9.87. The molecule has 0 atom stereocenters. The average molecular weight is 392 g/mol. The third-order valence-corrected chi connectivity index (χ3v) is 6.01. The van der Waals surface area contributed by atoms with Gasteiger partial charge >= 0.3 is 0 Å². The lowest BCUT2D eigenvalue weighted by Crippen LogP contribution is -2.15. The van der Waals surface area contributed by atoms with Crippen LogP contribution in [0.1, 0.15) is 63.1 Å². The third-order valence-electron chi connectivity index (χ3n) is 4.89. The molecule has 4 heteroatoms. The predicted molar refractivity (Wildman–Crippen MR) is 117 cm³/mol. The average Bonchev–Trinajstić information content (AvgIpc) is 2.94. The van der Waals surface area contributed by atoms with Crippen LogP contribution in [0.4, 0.5) is 5.00 Å². The zero-order valence-electron chi connectivity index (χ0n) is 16.9. The van der Waals surface area contributed by atoms with Crippen molar-refractivity contribution in [1.29, 1.82) is 0 Å². The van der Waals surface area contributed by atoms with E-state index >= 15 is 0 Å². The summed E-state index contributed by atoms with van der Waals surface area (Å²) in [5.74, 6) is -0.273. The summed E-state index contributed by atoms with van der Waals surface area (Å²) in [6.07, 6.45) is 0. The van der Waals surface area contributed by atoms with E-state index in [1.165, 1.54) is 16.9 Å². The van der Waals surface area contributed by atoms with Gasteiger partial charge in [0.2, 0.25) is 0 Å². The second kappa shape index (κ2) is 7.72. The number of aryl methyl sites for hydroxylation is 1. The molecule has 28 heavy (non-hydrogen) atoms. The lowest BCUT2D eigenvalue weighted by Gasteiger charge is -2.19. The van der Waals surface area contributed by atoms with Gasteiger partial charge in [-0.3, -0.25) is 9.59 Å². The number of ketones is 1. The van der Waals surface area contributed by atoms with Crippen molar-refractivity contribution in [1.82, 2.24) is 0 Å². The summed E-state index contributed by atoms with van der Waals surface area (Å²) in [5, 5.41) is 3.56. The van der Waals surface area contributed by atoms with Crippen LogP contribution in [0.2, 0.25) is 0 Å². The Kier molecular flexibility index (Phi) is 5.52. The SMILES string of the molecule is Cc1sc(NC(=O)c2ccc(C(C)(C)C)cc2)c(C(=O)c2ccccc2)c1C. The van der Waals surface area contributed by atoms with E-state index in [2.05, 4.69) is 26.1 Å². The molecule has 0 fully saturated rings. The number of carbonyl (C=O) groups is 2. The van der Waals surface area contributed by atoms with E-state index in [4.69, 9.17) is 0 Å². The fourth-order valence-corrected chi connectivity index (χ4v) is 4.07. The van der Waals surface area contributed by atoms with Crippen LogP contribution in [0, 0.1) is 13.8 Å². The summed E-state index contributed by atoms with van der Waals surface area (Å²) >= 11 is 1.44. The first kappa shape index (κ1) is 20.0. The molecule has 2 aromatic carbocycles. The molecule has 0 bridgehead atoms. The Bertz CT molecular complexity index is 1010. The Balaban J connectivity index is 1.90. The minimum Gasteiger partial charge on any atom is -0.313 e. The summed E-state index contributed by atoms with van der Waals surface area (Å²) in [5.41, 5.74) is 3.90. The van der Waals surface area contributed by atoms with E-state index in [0.29, 0.717) is 21.7 Å². The first-order valence-electron chi connectivity index (χ1n) is 9.30. The van der Waals surface area contributed by atoms with E-state index in [0.717, 1.165) is 10.4 Å². The molecule has 0 unspecified atom stereocenters. The number of hydrogen-bond acceptors (Lipinski definition) is 3. The number of benzene rings is 2. The van der Waals surface area contributed by atoms with Crippen molar-refractivity contribution in [3.05, 3.63) is 87.3 Å². The van der Waals surface area contributed by atoms with E-state index in [-0.39, 0.29) is 17.1 Å². The number of nitrogens with one attached hydrogen (secondary N) is 1. The van der Waals surface area contributed by atoms with Crippen molar-refractivity contribution in [2.75, 3.05) is 5.32 Å². The standard InChI is InChI=1S/C24H25NO2S/c1-15-16(2)28-23(20(15)21(26)17-9-7-6-8-10-17)25-22(27)18-11-13-19(14-12-18)24(3,4)5/h6-14H,1-5H3,(H,25,27). The van der Waals surface area contributed by atoms with E-state index in [1.54, 1.807) is 12.1 Å². The molecule has 0 radical (unpaired) electrons. The van der Waals surface area contributed by atoms with Crippen LogP contribution < -0.4 is 5.32 Å². The molecule has 3 rings (SSSR count). The largest absolute Gasteiger partial charge is 0.313 e. The number of hydrogen-bond donors (Lipinski definition) is 1. The van der Waals surface area contributed by atoms with Gasteiger partial charge < -0.3 is 5.32 Å². The zero-order chi connectivity index (χ0) is 20.5. The van der Waals surface area contributed by atoms with Gasteiger partial charge in [0.25, 0.3) is 5.91 Å². The molecule has 1 N–H and O–H groups in total. The van der Waals surface area contributed by atoms with Crippen molar-refractivity contribution < 1.29 is 9.59 Å². The molecule has 144 valence electrons. The molecule has 0 aliphatic heterocycles. The van der Waals surface area contributed by atoms with Crippen molar-refractivity contribution in [2.24, 2.45) is 0 Å². The Hall–Kier alpha value is -2.72. The summed E-state index contributed by atoms with van der Waals surface area (Å²) in [6, 6.07) is 16.8. The number of amides is 1. The highest BCUT2D eigenvalue weighted by molar-refractivity contribution is 7.17. The van der Waals surface area contributed by atoms with Gasteiger partial charge in [-0.1, -0.05) is 63.2 Å². The Morgan fingerprint density at radius 3 is 2.04 bits per heavy atom. The van der Waals surface area contributed by atoms with E-state index < -0.39 is 0 Å². The Morgan fingerprint density at radius 1 is 0.857 bits per heavy atom. The highest BCUT2D eigenvalue weighted by atomic mass is 32.1. The molecule has 0 aliphatic carbocycles. The zero-order valence-corrected chi connectivity index (χ0v) is 17.7. The predicted octanol–water partition coefficient (Wildman–Crippen LogP) is 6.15. The van der Waals surface area contributed by atoms with Crippen LogP contribution in [0.5, 0.6) is 0 Å². The third kappa shape index (κ3) is 4.07. The molecule has 0 spiro atoms. The van der Waals surface area contributed by atoms with Crippen LogP contribution in [0.25, 0.3) is 0 Å². The number of rotatable bonds is 4. The molecule has 1 heterocycles. The smallest absolute Gasteiger partial charge is 0.256 e. The lowest BCUT2D eigenvalue weighted by molar-refractivity contribution is 0.102. The summed E-state index contributed by atoms with van der Waals surface area (Å²) < 4.78 is 0. The van der Waals surface area contributed by atoms with Crippen LogP contribution in [0.3, 0.4) is 0 Å². The quantitative estimate of drug-likeness (QED) is 0.543. The van der Waals surface area contributed by atoms with Crippen molar-refractivity contribution in [3.63, 3.8) is 0 Å². The number of anilines is 1. The molecule has 0 saturated carbocycles. The first-order chi connectivity index (χ1) is 13.2. The van der Waals surface area contributed by atoms with Gasteiger partial charge in [-0.25, -0.2) is 0 Å². The van der Waals surface area contributed by atoms with Gasteiger partial charge in [-0.05, 0) is 42.5 Å². The molecule has 0 saturated heterocycles. The summed E-state index contributed by atoms with van der Waals surface area (Å²) in [4.78, 5) is 26.8. The maximum Gasteiger partial charge on any atom is 0.256 e. The van der Waals surface area contributed by atoms with Gasteiger partial charge in [0.15, 0.2) is 5.78 Å². The Labute approximate surface area is 170 Å². The molecule has 1 aromatic heterocycles. The number of carbonyl (C=O) groups excluding carboxylic acids is 2. The van der Waals surface area contributed by atoms with Crippen molar-refractivity contribution in [2.45, 2.75) is 40.0 Å². The first-order valence-corrected chi connectivity index (χ1v) is 10.1. The van der Waals surface area contributed by atoms with Crippen LogP contribution in [-0.4, -0.2) is 11.7 Å². The fraction of sp³-hybridized carbons (Fsp3) is 0.250. The maximum atomic E-state index is 13.0. The molecular weight excluding hydrogens is 366 g/mol. The maximum absolute atomic E-state index is 13.0. The van der Waals surface area contributed by atoms with Gasteiger partial charge in [-0.2, -0.15) is 0 Å². The fourth-order valence-electron chi connectivity index (χ4n) is 3.02. The van der Waals surface area contributed by atoms with Crippen LogP contribution >= 0.6 is 11.3 Å². The minimum atomic E-state index is -0.205. The second-order valence-electron chi connectivity index (χ2n) is 7.96. The van der Waals surface area contributed by atoms with Gasteiger partial charge in [0, 0.05) is 16.0 Å². The van der Waals surface area contributed by atoms with Gasteiger partial charge in [0.1, 0.15) is 5.00 Å². The topological polar surface area (TPSA) is 46.2 Å². The van der Waals surface area contributed by atoms with E-state index in [1.807, 2.05) is 56.3 Å².